The number of rotatable bonds is 6. The molecule has 3 atom stereocenters. The Morgan fingerprint density at radius 1 is 0.833 bits per heavy atom. The lowest BCUT2D eigenvalue weighted by Crippen LogP contribution is -2.56. The number of hydrogen-bond donors (Lipinski definition) is 1. The van der Waals surface area contributed by atoms with Crippen LogP contribution in [0.15, 0.2) is 60.7 Å². The molecule has 5 fully saturated rings. The summed E-state index contributed by atoms with van der Waals surface area (Å²) in [6.45, 7) is 0.142. The summed E-state index contributed by atoms with van der Waals surface area (Å²) in [5.74, 6) is 0.874. The molecule has 1 heterocycles. The van der Waals surface area contributed by atoms with E-state index >= 15 is 0 Å². The summed E-state index contributed by atoms with van der Waals surface area (Å²) in [5, 5.41) is 10.5. The molecule has 188 valence electrons. The topological polar surface area (TPSA) is 83.9 Å². The maximum absolute atomic E-state index is 14.0. The number of hydrogen-bond acceptors (Lipinski definition) is 5. The Morgan fingerprint density at radius 2 is 1.39 bits per heavy atom. The zero-order valence-electron chi connectivity index (χ0n) is 20.4. The van der Waals surface area contributed by atoms with Crippen LogP contribution in [0.3, 0.4) is 0 Å². The van der Waals surface area contributed by atoms with Crippen LogP contribution in [-0.4, -0.2) is 46.4 Å². The van der Waals surface area contributed by atoms with Crippen molar-refractivity contribution in [3.8, 4) is 0 Å². The summed E-state index contributed by atoms with van der Waals surface area (Å²) in [4.78, 5) is 42.6. The zero-order valence-corrected chi connectivity index (χ0v) is 20.4. The van der Waals surface area contributed by atoms with Gasteiger partial charge in [0.2, 0.25) is 11.7 Å². The maximum atomic E-state index is 14.0. The second-order valence-corrected chi connectivity index (χ2v) is 11.5. The number of ketones is 1. The standard InChI is InChI=1S/C30H33NO5/c32-24-14-25(31(18-24)29(35)30-15-19-11-20(16-30)13-21(12-19)17-30)28(34)36-27(23-9-5-2-6-10-23)26(33)22-7-3-1-4-8-22/h1-10,19-21,24-25,27,32H,11-18H2/t19?,20?,21?,24?,25-,27?,30?/m0/s1. The van der Waals surface area contributed by atoms with Crippen molar-refractivity contribution in [3.63, 3.8) is 0 Å². The molecule has 6 nitrogen and oxygen atoms in total. The highest BCUT2D eigenvalue weighted by molar-refractivity contribution is 6.01. The number of β-amino-alcohol motifs (C(OH)–C–C–N with tert-alkyl or cyclic N) is 1. The Bertz CT molecular complexity index is 1110. The SMILES string of the molecule is O=C(c1ccccc1)C(OC(=O)[C@@H]1CC(O)CN1C(=O)C12CC3CC(CC(C3)C1)C2)c1ccccc1. The Labute approximate surface area is 211 Å². The number of carbonyl (C=O) groups is 3. The molecule has 1 aliphatic heterocycles. The van der Waals surface area contributed by atoms with Crippen molar-refractivity contribution >= 4 is 17.7 Å². The normalized spacial score (nSPS) is 33.4. The monoisotopic (exact) mass is 487 g/mol. The van der Waals surface area contributed by atoms with Crippen molar-refractivity contribution in [1.82, 2.24) is 4.90 Å². The molecule has 2 aromatic rings. The van der Waals surface area contributed by atoms with E-state index in [1.807, 2.05) is 12.1 Å². The van der Waals surface area contributed by atoms with Gasteiger partial charge < -0.3 is 14.7 Å². The predicted molar refractivity (Wildman–Crippen MR) is 133 cm³/mol. The van der Waals surface area contributed by atoms with Gasteiger partial charge in [0, 0.05) is 24.1 Å². The van der Waals surface area contributed by atoms with Crippen LogP contribution in [0.5, 0.6) is 0 Å². The fourth-order valence-corrected chi connectivity index (χ4v) is 7.79. The van der Waals surface area contributed by atoms with Gasteiger partial charge in [-0.25, -0.2) is 4.79 Å². The molecule has 1 N–H and O–H groups in total. The largest absolute Gasteiger partial charge is 0.447 e. The lowest BCUT2D eigenvalue weighted by Gasteiger charge is -2.56. The molecule has 0 spiro atoms. The zero-order chi connectivity index (χ0) is 24.9. The number of benzene rings is 2. The minimum atomic E-state index is -1.12. The highest BCUT2D eigenvalue weighted by atomic mass is 16.5. The summed E-state index contributed by atoms with van der Waals surface area (Å²) in [5.41, 5.74) is 0.625. The molecule has 7 rings (SSSR count). The Balaban J connectivity index is 1.25. The quantitative estimate of drug-likeness (QED) is 0.484. The van der Waals surface area contributed by atoms with Crippen molar-refractivity contribution in [3.05, 3.63) is 71.8 Å². The summed E-state index contributed by atoms with van der Waals surface area (Å²) in [7, 11) is 0. The lowest BCUT2D eigenvalue weighted by atomic mass is 9.49. The van der Waals surface area contributed by atoms with Crippen LogP contribution in [-0.2, 0) is 14.3 Å². The average Bonchev–Trinajstić information content (AvgIpc) is 3.28. The van der Waals surface area contributed by atoms with Crippen LogP contribution in [0.2, 0.25) is 0 Å². The molecule has 4 aliphatic carbocycles. The van der Waals surface area contributed by atoms with Crippen molar-refractivity contribution in [2.75, 3.05) is 6.54 Å². The number of aliphatic hydroxyl groups is 1. The highest BCUT2D eigenvalue weighted by Crippen LogP contribution is 2.60. The molecular formula is C30H33NO5. The minimum Gasteiger partial charge on any atom is -0.447 e. The van der Waals surface area contributed by atoms with Gasteiger partial charge in [-0.3, -0.25) is 9.59 Å². The summed E-state index contributed by atoms with van der Waals surface area (Å²) in [6, 6.07) is 16.9. The van der Waals surface area contributed by atoms with E-state index in [0.29, 0.717) is 28.9 Å². The second-order valence-electron chi connectivity index (χ2n) is 11.5. The molecule has 36 heavy (non-hydrogen) atoms. The minimum absolute atomic E-state index is 0.00532. The van der Waals surface area contributed by atoms with Gasteiger partial charge in [0.15, 0.2) is 6.10 Å². The van der Waals surface area contributed by atoms with Crippen LogP contribution in [0.1, 0.15) is 67.0 Å². The number of amides is 1. The fourth-order valence-electron chi connectivity index (χ4n) is 7.79. The number of likely N-dealkylation sites (tertiary alicyclic amines) is 1. The predicted octanol–water partition coefficient (Wildman–Crippen LogP) is 4.33. The van der Waals surface area contributed by atoms with E-state index in [1.54, 1.807) is 53.4 Å². The molecule has 1 amide bonds. The molecule has 4 bridgehead atoms. The van der Waals surface area contributed by atoms with E-state index in [9.17, 15) is 19.5 Å². The average molecular weight is 488 g/mol. The first-order valence-electron chi connectivity index (χ1n) is 13.3. The highest BCUT2D eigenvalue weighted by Gasteiger charge is 2.57. The molecule has 0 aromatic heterocycles. The van der Waals surface area contributed by atoms with E-state index < -0.39 is 29.6 Å². The molecule has 2 unspecified atom stereocenters. The number of nitrogens with zero attached hydrogens (tertiary/aromatic N) is 1. The van der Waals surface area contributed by atoms with Gasteiger partial charge in [-0.15, -0.1) is 0 Å². The fraction of sp³-hybridized carbons (Fsp3) is 0.500. The van der Waals surface area contributed by atoms with Gasteiger partial charge in [-0.05, 0) is 56.3 Å². The van der Waals surface area contributed by atoms with Crippen molar-refractivity contribution in [2.45, 2.75) is 63.2 Å². The molecule has 4 saturated carbocycles. The third-order valence-electron chi connectivity index (χ3n) is 8.94. The molecular weight excluding hydrogens is 454 g/mol. The first kappa shape index (κ1) is 23.4. The van der Waals surface area contributed by atoms with E-state index in [0.717, 1.165) is 19.3 Å². The van der Waals surface area contributed by atoms with Crippen LogP contribution < -0.4 is 0 Å². The van der Waals surface area contributed by atoms with E-state index in [1.165, 1.54) is 19.3 Å². The number of Topliss-reactive ketones (excluding diaryl/α,β-unsaturated/α-hetero) is 1. The second kappa shape index (κ2) is 9.15. The summed E-state index contributed by atoms with van der Waals surface area (Å²) in [6.07, 6.45) is 4.60. The van der Waals surface area contributed by atoms with Gasteiger partial charge in [0.1, 0.15) is 6.04 Å². The van der Waals surface area contributed by atoms with Crippen molar-refractivity contribution < 1.29 is 24.2 Å². The van der Waals surface area contributed by atoms with E-state index in [4.69, 9.17) is 4.74 Å². The van der Waals surface area contributed by atoms with E-state index in [2.05, 4.69) is 0 Å². The molecule has 0 radical (unpaired) electrons. The number of ether oxygens (including phenoxy) is 1. The Morgan fingerprint density at radius 3 is 1.97 bits per heavy atom. The number of esters is 1. The van der Waals surface area contributed by atoms with Crippen LogP contribution in [0.25, 0.3) is 0 Å². The first-order chi connectivity index (χ1) is 17.4. The van der Waals surface area contributed by atoms with E-state index in [-0.39, 0.29) is 24.7 Å². The lowest BCUT2D eigenvalue weighted by molar-refractivity contribution is -0.167. The molecule has 5 aliphatic rings. The summed E-state index contributed by atoms with van der Waals surface area (Å²) >= 11 is 0. The van der Waals surface area contributed by atoms with Crippen molar-refractivity contribution in [2.24, 2.45) is 23.2 Å². The summed E-state index contributed by atoms with van der Waals surface area (Å²) < 4.78 is 5.89. The number of carbonyl (C=O) groups excluding carboxylic acids is 3. The Hall–Kier alpha value is -2.99. The van der Waals surface area contributed by atoms with Gasteiger partial charge in [0.05, 0.1) is 11.5 Å². The number of aliphatic hydroxyl groups excluding tert-OH is 1. The first-order valence-corrected chi connectivity index (χ1v) is 13.3. The van der Waals surface area contributed by atoms with Crippen LogP contribution >= 0.6 is 0 Å². The van der Waals surface area contributed by atoms with Crippen molar-refractivity contribution in [1.29, 1.82) is 0 Å². The molecule has 2 aromatic carbocycles. The van der Waals surface area contributed by atoms with Crippen LogP contribution in [0.4, 0.5) is 0 Å². The van der Waals surface area contributed by atoms with Gasteiger partial charge in [-0.2, -0.15) is 0 Å². The molecule has 6 heteroatoms. The third-order valence-corrected chi connectivity index (χ3v) is 8.94. The molecule has 1 saturated heterocycles. The van der Waals surface area contributed by atoms with Crippen LogP contribution in [0, 0.1) is 23.2 Å². The third kappa shape index (κ3) is 4.15. The van der Waals surface area contributed by atoms with Gasteiger partial charge >= 0.3 is 5.97 Å². The smallest absolute Gasteiger partial charge is 0.330 e. The van der Waals surface area contributed by atoms with Gasteiger partial charge in [-0.1, -0.05) is 60.7 Å². The van der Waals surface area contributed by atoms with Gasteiger partial charge in [0.25, 0.3) is 0 Å². The Kier molecular flexibility index (Phi) is 5.95. The maximum Gasteiger partial charge on any atom is 0.330 e.